The summed E-state index contributed by atoms with van der Waals surface area (Å²) in [6.45, 7) is 4.16. The predicted molar refractivity (Wildman–Crippen MR) is 34.5 cm³/mol. The van der Waals surface area contributed by atoms with Gasteiger partial charge in [0.1, 0.15) is 0 Å². The highest BCUT2D eigenvalue weighted by Crippen LogP contribution is 2.31. The van der Waals surface area contributed by atoms with Gasteiger partial charge in [-0.1, -0.05) is 0 Å². The predicted octanol–water partition coefficient (Wildman–Crippen LogP) is 0.897. The van der Waals surface area contributed by atoms with Gasteiger partial charge in [-0.3, -0.25) is 4.99 Å². The lowest BCUT2D eigenvalue weighted by molar-refractivity contribution is 0.589. The lowest BCUT2D eigenvalue weighted by atomic mass is 9.87. The zero-order valence-corrected chi connectivity index (χ0v) is 5.18. The average Bonchev–Trinajstić information content (AvgIpc) is 1.66. The van der Waals surface area contributed by atoms with Gasteiger partial charge in [0, 0.05) is 17.8 Å². The first kappa shape index (κ1) is 5.35. The molecule has 0 fully saturated rings. The smallest absolute Gasteiger partial charge is 0.0663 e. The topological polar surface area (TPSA) is 38.4 Å². The minimum Gasteiger partial charge on any atom is -0.403 e. The summed E-state index contributed by atoms with van der Waals surface area (Å²) >= 11 is 0. The van der Waals surface area contributed by atoms with E-state index in [0.717, 1.165) is 5.70 Å². The molecule has 0 saturated heterocycles. The van der Waals surface area contributed by atoms with Crippen LogP contribution in [0.5, 0.6) is 0 Å². The molecule has 0 aromatic carbocycles. The highest BCUT2D eigenvalue weighted by atomic mass is 14.9. The van der Waals surface area contributed by atoms with Crippen LogP contribution in [0.4, 0.5) is 0 Å². The van der Waals surface area contributed by atoms with Crippen molar-refractivity contribution >= 4 is 6.21 Å². The molecule has 0 aromatic rings. The van der Waals surface area contributed by atoms with E-state index in [4.69, 9.17) is 5.73 Å². The minimum atomic E-state index is 0.134. The van der Waals surface area contributed by atoms with E-state index in [2.05, 4.69) is 18.8 Å². The molecule has 0 amide bonds. The lowest BCUT2D eigenvalue weighted by Gasteiger charge is -2.27. The molecule has 0 saturated carbocycles. The molecule has 0 atom stereocenters. The van der Waals surface area contributed by atoms with Crippen molar-refractivity contribution in [1.29, 1.82) is 0 Å². The molecule has 2 heteroatoms. The number of nitrogens with two attached hydrogens (primary N) is 1. The van der Waals surface area contributed by atoms with Crippen molar-refractivity contribution in [3.8, 4) is 0 Å². The zero-order valence-electron chi connectivity index (χ0n) is 5.18. The Morgan fingerprint density at radius 2 is 2.38 bits per heavy atom. The van der Waals surface area contributed by atoms with Gasteiger partial charge in [0.25, 0.3) is 0 Å². The molecule has 8 heavy (non-hydrogen) atoms. The number of hydrogen-bond acceptors (Lipinski definition) is 2. The molecular weight excluding hydrogens is 100 g/mol. The van der Waals surface area contributed by atoms with Gasteiger partial charge in [-0.2, -0.15) is 0 Å². The van der Waals surface area contributed by atoms with Crippen molar-refractivity contribution in [2.45, 2.75) is 13.8 Å². The van der Waals surface area contributed by atoms with E-state index in [1.807, 2.05) is 6.21 Å². The van der Waals surface area contributed by atoms with E-state index < -0.39 is 0 Å². The summed E-state index contributed by atoms with van der Waals surface area (Å²) in [6, 6.07) is 0. The molecule has 1 aliphatic heterocycles. The number of hydrogen-bond donors (Lipinski definition) is 1. The highest BCUT2D eigenvalue weighted by Gasteiger charge is 2.27. The summed E-state index contributed by atoms with van der Waals surface area (Å²) in [5.74, 6) is 0. The third-order valence-corrected chi connectivity index (χ3v) is 1.34. The van der Waals surface area contributed by atoms with Gasteiger partial charge in [0.2, 0.25) is 0 Å². The Labute approximate surface area is 49.1 Å². The minimum absolute atomic E-state index is 0.134. The third kappa shape index (κ3) is 0.529. The average molecular weight is 110 g/mol. The Bertz CT molecular complexity index is 154. The number of rotatable bonds is 0. The van der Waals surface area contributed by atoms with Gasteiger partial charge in [-0.25, -0.2) is 0 Å². The Kier molecular flexibility index (Phi) is 0.897. The fraction of sp³-hybridized carbons (Fsp3) is 0.500. The Balaban J connectivity index is 2.83. The second kappa shape index (κ2) is 1.34. The van der Waals surface area contributed by atoms with Crippen LogP contribution in [0.15, 0.2) is 16.9 Å². The number of aliphatic imine (C=N–C) groups is 1. The first-order valence-electron chi connectivity index (χ1n) is 2.64. The molecule has 0 unspecified atom stereocenters. The van der Waals surface area contributed by atoms with Crippen molar-refractivity contribution in [2.24, 2.45) is 16.1 Å². The fourth-order valence-corrected chi connectivity index (χ4v) is 0.655. The zero-order chi connectivity index (χ0) is 6.20. The van der Waals surface area contributed by atoms with Gasteiger partial charge < -0.3 is 5.73 Å². The van der Waals surface area contributed by atoms with Crippen molar-refractivity contribution in [3.05, 3.63) is 11.9 Å². The normalized spacial score (nSPS) is 28.0. The number of allylic oxidation sites excluding steroid dienone is 1. The summed E-state index contributed by atoms with van der Waals surface area (Å²) in [5.41, 5.74) is 6.35. The van der Waals surface area contributed by atoms with Crippen LogP contribution in [0, 0.1) is 5.41 Å². The van der Waals surface area contributed by atoms with Crippen molar-refractivity contribution in [2.75, 3.05) is 0 Å². The van der Waals surface area contributed by atoms with Crippen LogP contribution in [0.25, 0.3) is 0 Å². The molecule has 0 aliphatic carbocycles. The summed E-state index contributed by atoms with van der Waals surface area (Å²) in [6.07, 6.45) is 3.45. The van der Waals surface area contributed by atoms with E-state index in [1.54, 1.807) is 6.20 Å². The largest absolute Gasteiger partial charge is 0.403 e. The fourth-order valence-electron chi connectivity index (χ4n) is 0.655. The maximum absolute atomic E-state index is 5.23. The van der Waals surface area contributed by atoms with Crippen molar-refractivity contribution in [3.63, 3.8) is 0 Å². The molecule has 1 aliphatic rings. The molecule has 0 radical (unpaired) electrons. The summed E-state index contributed by atoms with van der Waals surface area (Å²) in [7, 11) is 0. The van der Waals surface area contributed by atoms with Crippen molar-refractivity contribution in [1.82, 2.24) is 0 Å². The maximum atomic E-state index is 5.23. The van der Waals surface area contributed by atoms with E-state index in [-0.39, 0.29) is 5.41 Å². The number of nitrogens with zero attached hydrogens (tertiary/aromatic N) is 1. The van der Waals surface area contributed by atoms with Crippen LogP contribution in [0.1, 0.15) is 13.8 Å². The standard InChI is InChI=1S/C6H10N2/c1-6(2)4-8-5(6)3-7/h3-4H,7H2,1-2H3/b5-3+. The third-order valence-electron chi connectivity index (χ3n) is 1.34. The lowest BCUT2D eigenvalue weighted by Crippen LogP contribution is -2.24. The molecule has 0 bridgehead atoms. The van der Waals surface area contributed by atoms with Crippen LogP contribution >= 0.6 is 0 Å². The van der Waals surface area contributed by atoms with Gasteiger partial charge in [0.05, 0.1) is 5.70 Å². The van der Waals surface area contributed by atoms with E-state index in [1.165, 1.54) is 0 Å². The van der Waals surface area contributed by atoms with Crippen LogP contribution in [-0.2, 0) is 0 Å². The molecule has 2 nitrogen and oxygen atoms in total. The second-order valence-electron chi connectivity index (χ2n) is 2.53. The molecule has 0 aromatic heterocycles. The van der Waals surface area contributed by atoms with Crippen molar-refractivity contribution < 1.29 is 0 Å². The van der Waals surface area contributed by atoms with Crippen LogP contribution < -0.4 is 5.73 Å². The molecule has 44 valence electrons. The molecule has 0 spiro atoms. The van der Waals surface area contributed by atoms with E-state index in [9.17, 15) is 0 Å². The summed E-state index contributed by atoms with van der Waals surface area (Å²) in [4.78, 5) is 3.95. The maximum Gasteiger partial charge on any atom is 0.0663 e. The van der Waals surface area contributed by atoms with Crippen LogP contribution in [-0.4, -0.2) is 6.21 Å². The quantitative estimate of drug-likeness (QED) is 0.494. The highest BCUT2D eigenvalue weighted by molar-refractivity contribution is 5.77. The first-order chi connectivity index (χ1) is 3.67. The SMILES string of the molecule is CC1(C)C=N/C1=C/N. The molecule has 1 heterocycles. The molecule has 1 rings (SSSR count). The van der Waals surface area contributed by atoms with Gasteiger partial charge in [-0.05, 0) is 13.8 Å². The first-order valence-corrected chi connectivity index (χ1v) is 2.64. The summed E-state index contributed by atoms with van der Waals surface area (Å²) < 4.78 is 0. The molecule has 2 N–H and O–H groups in total. The molecular formula is C6H10N2. The Morgan fingerprint density at radius 3 is 2.38 bits per heavy atom. The Morgan fingerprint density at radius 1 is 1.75 bits per heavy atom. The monoisotopic (exact) mass is 110 g/mol. The Hall–Kier alpha value is -0.790. The van der Waals surface area contributed by atoms with Gasteiger partial charge in [0.15, 0.2) is 0 Å². The van der Waals surface area contributed by atoms with Crippen LogP contribution in [0.3, 0.4) is 0 Å². The second-order valence-corrected chi connectivity index (χ2v) is 2.53. The van der Waals surface area contributed by atoms with Gasteiger partial charge in [-0.15, -0.1) is 0 Å². The van der Waals surface area contributed by atoms with Crippen LogP contribution in [0.2, 0.25) is 0 Å². The van der Waals surface area contributed by atoms with E-state index >= 15 is 0 Å². The van der Waals surface area contributed by atoms with E-state index in [0.29, 0.717) is 0 Å². The summed E-state index contributed by atoms with van der Waals surface area (Å²) in [5, 5.41) is 0. The van der Waals surface area contributed by atoms with Gasteiger partial charge >= 0.3 is 0 Å².